The van der Waals surface area contributed by atoms with Crippen LogP contribution < -0.4 is 5.32 Å². The van der Waals surface area contributed by atoms with Gasteiger partial charge in [-0.25, -0.2) is 0 Å². The van der Waals surface area contributed by atoms with Gasteiger partial charge in [-0.2, -0.15) is 0 Å². The molecule has 1 unspecified atom stereocenters. The summed E-state index contributed by atoms with van der Waals surface area (Å²) in [7, 11) is 2.98. The number of carbonyl (C=O) groups excluding carboxylic acids is 1. The second-order valence-electron chi connectivity index (χ2n) is 1.36. The van der Waals surface area contributed by atoms with Crippen molar-refractivity contribution in [1.29, 1.82) is 0 Å². The normalized spacial score (nSPS) is 12.9. The summed E-state index contributed by atoms with van der Waals surface area (Å²) in [5.41, 5.74) is 0. The summed E-state index contributed by atoms with van der Waals surface area (Å²) >= 11 is 0. The zero-order chi connectivity index (χ0) is 6.57. The first-order chi connectivity index (χ1) is 3.72. The van der Waals surface area contributed by atoms with E-state index < -0.39 is 6.04 Å². The highest BCUT2D eigenvalue weighted by molar-refractivity contribution is 5.76. The predicted octanol–water partition coefficient (Wildman–Crippen LogP) is -0.419. The lowest BCUT2D eigenvalue weighted by molar-refractivity contribution is -0.141. The molecule has 0 aliphatic rings. The van der Waals surface area contributed by atoms with Crippen molar-refractivity contribution in [3.05, 3.63) is 6.92 Å². The van der Waals surface area contributed by atoms with Crippen molar-refractivity contribution < 1.29 is 9.53 Å². The Balaban J connectivity index is 3.46. The van der Waals surface area contributed by atoms with Gasteiger partial charge in [-0.05, 0) is 14.0 Å². The van der Waals surface area contributed by atoms with Gasteiger partial charge in [0.15, 0.2) is 0 Å². The number of rotatable bonds is 2. The van der Waals surface area contributed by atoms with Gasteiger partial charge in [0.1, 0.15) is 6.04 Å². The fraction of sp³-hybridized carbons (Fsp3) is 0.600. The van der Waals surface area contributed by atoms with Crippen LogP contribution in [0.3, 0.4) is 0 Å². The molecule has 1 atom stereocenters. The van der Waals surface area contributed by atoms with Gasteiger partial charge in [-0.1, -0.05) is 0 Å². The maximum atomic E-state index is 10.4. The number of hydrogen-bond donors (Lipinski definition) is 1. The molecule has 3 nitrogen and oxygen atoms in total. The lowest BCUT2D eigenvalue weighted by Crippen LogP contribution is -2.31. The summed E-state index contributed by atoms with van der Waals surface area (Å²) in [6, 6.07) is -0.444. The van der Waals surface area contributed by atoms with Gasteiger partial charge in [0.25, 0.3) is 0 Å². The Labute approximate surface area is 49.0 Å². The van der Waals surface area contributed by atoms with E-state index >= 15 is 0 Å². The third-order valence-electron chi connectivity index (χ3n) is 0.834. The van der Waals surface area contributed by atoms with Crippen molar-refractivity contribution in [2.75, 3.05) is 14.2 Å². The second-order valence-corrected chi connectivity index (χ2v) is 1.36. The van der Waals surface area contributed by atoms with Crippen LogP contribution in [0, 0.1) is 6.92 Å². The van der Waals surface area contributed by atoms with Crippen molar-refractivity contribution in [2.45, 2.75) is 6.04 Å². The maximum Gasteiger partial charge on any atom is 0.322 e. The molecule has 0 aliphatic carbocycles. The molecule has 0 rings (SSSR count). The summed E-state index contributed by atoms with van der Waals surface area (Å²) in [5, 5.41) is 2.63. The summed E-state index contributed by atoms with van der Waals surface area (Å²) in [6.07, 6.45) is 0. The van der Waals surface area contributed by atoms with Crippen molar-refractivity contribution in [1.82, 2.24) is 5.32 Å². The first-order valence-corrected chi connectivity index (χ1v) is 2.30. The molecular weight excluding hydrogens is 106 g/mol. The standard InChI is InChI=1S/C5H10NO2/c1-4(6-2)5(7)8-3/h4,6H,1H2,2-3H3. The summed E-state index contributed by atoms with van der Waals surface area (Å²) in [4.78, 5) is 10.4. The van der Waals surface area contributed by atoms with E-state index in [0.717, 1.165) is 0 Å². The molecule has 0 bridgehead atoms. The molecule has 0 aromatic carbocycles. The van der Waals surface area contributed by atoms with Crippen LogP contribution in [0.4, 0.5) is 0 Å². The highest BCUT2D eigenvalue weighted by atomic mass is 16.5. The van der Waals surface area contributed by atoms with Gasteiger partial charge in [0, 0.05) is 0 Å². The molecule has 0 aromatic rings. The van der Waals surface area contributed by atoms with E-state index in [4.69, 9.17) is 0 Å². The predicted molar refractivity (Wildman–Crippen MR) is 30.2 cm³/mol. The van der Waals surface area contributed by atoms with Crippen LogP contribution in [0.5, 0.6) is 0 Å². The SMILES string of the molecule is [CH2]C(NC)C(=O)OC. The maximum absolute atomic E-state index is 10.4. The first-order valence-electron chi connectivity index (χ1n) is 2.30. The lowest BCUT2D eigenvalue weighted by atomic mass is 10.4. The molecule has 0 aromatic heterocycles. The summed E-state index contributed by atoms with van der Waals surface area (Å²) < 4.78 is 4.34. The van der Waals surface area contributed by atoms with Crippen molar-refractivity contribution in [2.24, 2.45) is 0 Å². The van der Waals surface area contributed by atoms with Crippen LogP contribution in [0.25, 0.3) is 0 Å². The van der Waals surface area contributed by atoms with Crippen LogP contribution in [-0.2, 0) is 9.53 Å². The number of hydrogen-bond acceptors (Lipinski definition) is 3. The molecular formula is C5H10NO2. The minimum Gasteiger partial charge on any atom is -0.468 e. The molecule has 1 N–H and O–H groups in total. The van der Waals surface area contributed by atoms with Gasteiger partial charge in [-0.15, -0.1) is 0 Å². The second kappa shape index (κ2) is 3.43. The minimum atomic E-state index is -0.444. The van der Waals surface area contributed by atoms with Crippen LogP contribution in [0.2, 0.25) is 0 Å². The molecule has 0 spiro atoms. The Morgan fingerprint density at radius 1 is 1.88 bits per heavy atom. The Morgan fingerprint density at radius 2 is 2.38 bits per heavy atom. The quantitative estimate of drug-likeness (QED) is 0.498. The van der Waals surface area contributed by atoms with E-state index in [0.29, 0.717) is 0 Å². The molecule has 1 radical (unpaired) electrons. The number of esters is 1. The van der Waals surface area contributed by atoms with Crippen molar-refractivity contribution >= 4 is 5.97 Å². The third-order valence-corrected chi connectivity index (χ3v) is 0.834. The fourth-order valence-corrected chi connectivity index (χ4v) is 0.260. The molecule has 0 saturated carbocycles. The number of ether oxygens (including phenoxy) is 1. The number of methoxy groups -OCH3 is 1. The summed E-state index contributed by atoms with van der Waals surface area (Å²) in [5.74, 6) is -0.340. The van der Waals surface area contributed by atoms with Gasteiger partial charge in [0.05, 0.1) is 7.11 Å². The van der Waals surface area contributed by atoms with Crippen molar-refractivity contribution in [3.63, 3.8) is 0 Å². The topological polar surface area (TPSA) is 38.3 Å². The highest BCUT2D eigenvalue weighted by Gasteiger charge is 2.07. The van der Waals surface area contributed by atoms with Crippen molar-refractivity contribution in [3.8, 4) is 0 Å². The average molecular weight is 116 g/mol. The summed E-state index contributed by atoms with van der Waals surface area (Å²) in [6.45, 7) is 3.44. The monoisotopic (exact) mass is 116 g/mol. The zero-order valence-corrected chi connectivity index (χ0v) is 5.10. The van der Waals surface area contributed by atoms with Gasteiger partial charge >= 0.3 is 5.97 Å². The minimum absolute atomic E-state index is 0.340. The molecule has 0 fully saturated rings. The van der Waals surface area contributed by atoms with E-state index in [1.54, 1.807) is 7.05 Å². The van der Waals surface area contributed by atoms with Crippen LogP contribution >= 0.6 is 0 Å². The molecule has 3 heteroatoms. The van der Waals surface area contributed by atoms with E-state index in [-0.39, 0.29) is 5.97 Å². The Hall–Kier alpha value is -0.570. The number of likely N-dealkylation sites (N-methyl/N-ethyl adjacent to an activating group) is 1. The van der Waals surface area contributed by atoms with E-state index in [1.807, 2.05) is 0 Å². The molecule has 0 amide bonds. The Bertz CT molecular complexity index is 82.5. The fourth-order valence-electron chi connectivity index (χ4n) is 0.260. The molecule has 0 aliphatic heterocycles. The Morgan fingerprint density at radius 3 is 2.50 bits per heavy atom. The van der Waals surface area contributed by atoms with E-state index in [9.17, 15) is 4.79 Å². The van der Waals surface area contributed by atoms with Crippen LogP contribution in [-0.4, -0.2) is 26.2 Å². The van der Waals surface area contributed by atoms with E-state index in [1.165, 1.54) is 7.11 Å². The molecule has 47 valence electrons. The largest absolute Gasteiger partial charge is 0.468 e. The molecule has 0 heterocycles. The molecule has 8 heavy (non-hydrogen) atoms. The molecule has 0 saturated heterocycles. The Kier molecular flexibility index (Phi) is 3.19. The van der Waals surface area contributed by atoms with Gasteiger partial charge < -0.3 is 10.1 Å². The third kappa shape index (κ3) is 1.93. The average Bonchev–Trinajstić information content (AvgIpc) is 1.84. The number of carbonyl (C=O) groups is 1. The lowest BCUT2D eigenvalue weighted by Gasteiger charge is -2.04. The van der Waals surface area contributed by atoms with Gasteiger partial charge in [-0.3, -0.25) is 4.79 Å². The smallest absolute Gasteiger partial charge is 0.322 e. The van der Waals surface area contributed by atoms with Gasteiger partial charge in [0.2, 0.25) is 0 Å². The van der Waals surface area contributed by atoms with Crippen LogP contribution in [0.15, 0.2) is 0 Å². The highest BCUT2D eigenvalue weighted by Crippen LogP contribution is 1.80. The van der Waals surface area contributed by atoms with E-state index in [2.05, 4.69) is 17.0 Å². The zero-order valence-electron chi connectivity index (χ0n) is 5.10. The first kappa shape index (κ1) is 7.43. The number of nitrogens with one attached hydrogen (secondary N) is 1. The van der Waals surface area contributed by atoms with Crippen LogP contribution in [0.1, 0.15) is 0 Å².